The number of rotatable bonds is 5. The van der Waals surface area contributed by atoms with Crippen LogP contribution in [0, 0.1) is 0 Å². The molecule has 2 amide bonds. The second-order valence-corrected chi connectivity index (χ2v) is 4.98. The van der Waals surface area contributed by atoms with Crippen molar-refractivity contribution in [2.75, 3.05) is 36.4 Å². The molecule has 1 aliphatic heterocycles. The third-order valence-corrected chi connectivity index (χ3v) is 3.37. The maximum absolute atomic E-state index is 11.6. The number of piperidine rings is 1. The summed E-state index contributed by atoms with van der Waals surface area (Å²) >= 11 is 0. The van der Waals surface area contributed by atoms with Crippen molar-refractivity contribution in [3.05, 3.63) is 18.3 Å². The molecule has 7 nitrogen and oxygen atoms in total. The number of anilines is 2. The third kappa shape index (κ3) is 4.71. The summed E-state index contributed by atoms with van der Waals surface area (Å²) in [7, 11) is 0. The zero-order chi connectivity index (χ0) is 15.1. The van der Waals surface area contributed by atoms with Crippen molar-refractivity contribution < 1.29 is 9.59 Å². The Morgan fingerprint density at radius 3 is 2.57 bits per heavy atom. The summed E-state index contributed by atoms with van der Waals surface area (Å²) in [5.41, 5.74) is 6.21. The lowest BCUT2D eigenvalue weighted by Crippen LogP contribution is -2.36. The van der Waals surface area contributed by atoms with E-state index in [4.69, 9.17) is 5.73 Å². The van der Waals surface area contributed by atoms with Crippen molar-refractivity contribution >= 4 is 23.3 Å². The van der Waals surface area contributed by atoms with Gasteiger partial charge in [0.05, 0.1) is 25.0 Å². The number of aromatic nitrogens is 1. The lowest BCUT2D eigenvalue weighted by molar-refractivity contribution is -0.123. The second-order valence-electron chi connectivity index (χ2n) is 4.98. The molecule has 1 aliphatic rings. The minimum Gasteiger partial charge on any atom is -0.370 e. The first-order chi connectivity index (χ1) is 10.2. The van der Waals surface area contributed by atoms with Gasteiger partial charge in [0.15, 0.2) is 0 Å². The van der Waals surface area contributed by atoms with Gasteiger partial charge in [0.25, 0.3) is 0 Å². The molecule has 0 spiro atoms. The molecule has 0 aromatic carbocycles. The third-order valence-electron chi connectivity index (χ3n) is 3.37. The minimum atomic E-state index is -0.362. The Morgan fingerprint density at radius 1 is 1.19 bits per heavy atom. The summed E-state index contributed by atoms with van der Waals surface area (Å²) < 4.78 is 0. The van der Waals surface area contributed by atoms with Gasteiger partial charge < -0.3 is 21.3 Å². The molecule has 1 saturated heterocycles. The van der Waals surface area contributed by atoms with Crippen LogP contribution in [0.4, 0.5) is 11.5 Å². The largest absolute Gasteiger partial charge is 0.370 e. The van der Waals surface area contributed by atoms with E-state index in [9.17, 15) is 9.59 Å². The molecule has 21 heavy (non-hydrogen) atoms. The highest BCUT2D eigenvalue weighted by Crippen LogP contribution is 2.19. The normalized spacial score (nSPS) is 14.6. The highest BCUT2D eigenvalue weighted by Gasteiger charge is 2.11. The number of hydrogen-bond acceptors (Lipinski definition) is 5. The fraction of sp³-hybridized carbons (Fsp3) is 0.500. The van der Waals surface area contributed by atoms with E-state index in [1.807, 2.05) is 6.07 Å². The molecule has 0 atom stereocenters. The highest BCUT2D eigenvalue weighted by molar-refractivity contribution is 5.94. The molecular formula is C14H21N5O2. The Kier molecular flexibility index (Phi) is 5.51. The van der Waals surface area contributed by atoms with Gasteiger partial charge in [-0.05, 0) is 31.4 Å². The quantitative estimate of drug-likeness (QED) is 0.713. The Hall–Kier alpha value is -2.15. The first-order valence-electron chi connectivity index (χ1n) is 7.16. The van der Waals surface area contributed by atoms with E-state index in [0.717, 1.165) is 18.8 Å². The number of nitrogens with zero attached hydrogens (tertiary/aromatic N) is 2. The molecule has 0 unspecified atom stereocenters. The number of pyridine rings is 1. The standard InChI is InChI=1S/C14H21N5O2/c15-8-13(20)17-10-14(21)18-12-5-4-11(9-16-12)19-6-2-1-3-7-19/h4-5,9H,1-3,6-8,10,15H2,(H,17,20)(H,16,18,21). The van der Waals surface area contributed by atoms with E-state index in [1.54, 1.807) is 12.3 Å². The van der Waals surface area contributed by atoms with E-state index in [1.165, 1.54) is 19.3 Å². The molecule has 0 bridgehead atoms. The highest BCUT2D eigenvalue weighted by atomic mass is 16.2. The summed E-state index contributed by atoms with van der Waals surface area (Å²) in [6.45, 7) is 1.87. The summed E-state index contributed by atoms with van der Waals surface area (Å²) in [5.74, 6) is -0.212. The van der Waals surface area contributed by atoms with Gasteiger partial charge in [-0.25, -0.2) is 4.98 Å². The Balaban J connectivity index is 1.84. The first kappa shape index (κ1) is 15.2. The molecule has 0 aliphatic carbocycles. The fourth-order valence-electron chi connectivity index (χ4n) is 2.24. The predicted octanol–water partition coefficient (Wildman–Crippen LogP) is 0.0853. The summed E-state index contributed by atoms with van der Waals surface area (Å²) in [6.07, 6.45) is 5.46. The number of carbonyl (C=O) groups excluding carboxylic acids is 2. The van der Waals surface area contributed by atoms with E-state index in [-0.39, 0.29) is 24.9 Å². The van der Waals surface area contributed by atoms with Crippen LogP contribution in [0.15, 0.2) is 18.3 Å². The number of hydrogen-bond donors (Lipinski definition) is 3. The van der Waals surface area contributed by atoms with Gasteiger partial charge >= 0.3 is 0 Å². The van der Waals surface area contributed by atoms with Crippen molar-refractivity contribution in [1.82, 2.24) is 10.3 Å². The van der Waals surface area contributed by atoms with Crippen LogP contribution in [0.1, 0.15) is 19.3 Å². The van der Waals surface area contributed by atoms with Crippen molar-refractivity contribution in [2.45, 2.75) is 19.3 Å². The van der Waals surface area contributed by atoms with Crippen LogP contribution in [0.25, 0.3) is 0 Å². The second kappa shape index (κ2) is 7.58. The van der Waals surface area contributed by atoms with Crippen LogP contribution >= 0.6 is 0 Å². The summed E-state index contributed by atoms with van der Waals surface area (Å²) in [4.78, 5) is 29.1. The zero-order valence-electron chi connectivity index (χ0n) is 12.0. The fourth-order valence-corrected chi connectivity index (χ4v) is 2.24. The molecule has 2 rings (SSSR count). The van der Waals surface area contributed by atoms with Crippen molar-refractivity contribution in [1.29, 1.82) is 0 Å². The van der Waals surface area contributed by atoms with Gasteiger partial charge in [-0.3, -0.25) is 9.59 Å². The van der Waals surface area contributed by atoms with Crippen molar-refractivity contribution in [3.8, 4) is 0 Å². The average molecular weight is 291 g/mol. The molecule has 1 aromatic heterocycles. The van der Waals surface area contributed by atoms with Crippen LogP contribution in [0.2, 0.25) is 0 Å². The van der Waals surface area contributed by atoms with Crippen LogP contribution in [-0.2, 0) is 9.59 Å². The number of amides is 2. The molecular weight excluding hydrogens is 270 g/mol. The summed E-state index contributed by atoms with van der Waals surface area (Å²) in [5, 5.41) is 5.03. The van der Waals surface area contributed by atoms with Crippen LogP contribution in [0.5, 0.6) is 0 Å². The molecule has 0 saturated carbocycles. The number of nitrogens with two attached hydrogens (primary N) is 1. The summed E-state index contributed by atoms with van der Waals surface area (Å²) in [6, 6.07) is 3.72. The van der Waals surface area contributed by atoms with Crippen molar-refractivity contribution in [2.24, 2.45) is 5.73 Å². The monoisotopic (exact) mass is 291 g/mol. The molecule has 1 fully saturated rings. The van der Waals surface area contributed by atoms with Crippen molar-refractivity contribution in [3.63, 3.8) is 0 Å². The molecule has 1 aromatic rings. The smallest absolute Gasteiger partial charge is 0.244 e. The SMILES string of the molecule is NCC(=O)NCC(=O)Nc1ccc(N2CCCCC2)cn1. The van der Waals surface area contributed by atoms with Gasteiger partial charge in [-0.15, -0.1) is 0 Å². The predicted molar refractivity (Wildman–Crippen MR) is 81.0 cm³/mol. The van der Waals surface area contributed by atoms with Gasteiger partial charge in [-0.1, -0.05) is 0 Å². The zero-order valence-corrected chi connectivity index (χ0v) is 12.0. The topological polar surface area (TPSA) is 100 Å². The number of nitrogens with one attached hydrogen (secondary N) is 2. The lowest BCUT2D eigenvalue weighted by Gasteiger charge is -2.28. The molecule has 7 heteroatoms. The van der Waals surface area contributed by atoms with Gasteiger partial charge in [-0.2, -0.15) is 0 Å². The van der Waals surface area contributed by atoms with Gasteiger partial charge in [0.2, 0.25) is 11.8 Å². The Labute approximate surface area is 123 Å². The van der Waals surface area contributed by atoms with Gasteiger partial charge in [0, 0.05) is 13.1 Å². The minimum absolute atomic E-state index is 0.106. The maximum atomic E-state index is 11.6. The molecule has 0 radical (unpaired) electrons. The van der Waals surface area contributed by atoms with E-state index in [2.05, 4.69) is 20.5 Å². The van der Waals surface area contributed by atoms with Crippen LogP contribution < -0.4 is 21.3 Å². The molecule has 114 valence electrons. The van der Waals surface area contributed by atoms with E-state index in [0.29, 0.717) is 5.82 Å². The van der Waals surface area contributed by atoms with Gasteiger partial charge in [0.1, 0.15) is 5.82 Å². The molecule has 2 heterocycles. The lowest BCUT2D eigenvalue weighted by atomic mass is 10.1. The Morgan fingerprint density at radius 2 is 1.95 bits per heavy atom. The van der Waals surface area contributed by atoms with E-state index >= 15 is 0 Å². The van der Waals surface area contributed by atoms with E-state index < -0.39 is 0 Å². The Bertz CT molecular complexity index is 483. The molecule has 4 N–H and O–H groups in total. The first-order valence-corrected chi connectivity index (χ1v) is 7.16. The van der Waals surface area contributed by atoms with Crippen LogP contribution in [0.3, 0.4) is 0 Å². The number of carbonyl (C=O) groups is 2. The maximum Gasteiger partial charge on any atom is 0.244 e. The van der Waals surface area contributed by atoms with Crippen LogP contribution in [-0.4, -0.2) is 43.0 Å². The average Bonchev–Trinajstić information content (AvgIpc) is 2.54.